The number of fused-ring (bicyclic) bond motifs is 1. The molecule has 4 rings (SSSR count). The van der Waals surface area contributed by atoms with Crippen molar-refractivity contribution in [2.24, 2.45) is 7.05 Å². The SMILES string of the molecule is CC(=O)N1CCCCC1c1ccc(C(=O)NCC2Cc3ccccc32)n1C. The van der Waals surface area contributed by atoms with Crippen molar-refractivity contribution < 1.29 is 9.59 Å². The van der Waals surface area contributed by atoms with Gasteiger partial charge in [-0.15, -0.1) is 0 Å². The Morgan fingerprint density at radius 2 is 1.96 bits per heavy atom. The molecule has 0 spiro atoms. The summed E-state index contributed by atoms with van der Waals surface area (Å²) in [4.78, 5) is 26.6. The van der Waals surface area contributed by atoms with Crippen molar-refractivity contribution in [2.45, 2.75) is 44.6 Å². The summed E-state index contributed by atoms with van der Waals surface area (Å²) in [7, 11) is 1.93. The molecule has 1 N–H and O–H groups in total. The normalized spacial score (nSPS) is 21.3. The maximum Gasteiger partial charge on any atom is 0.267 e. The van der Waals surface area contributed by atoms with Crippen LogP contribution in [0.4, 0.5) is 0 Å². The van der Waals surface area contributed by atoms with E-state index in [-0.39, 0.29) is 17.9 Å². The zero-order valence-corrected chi connectivity index (χ0v) is 16.1. The molecule has 1 aromatic heterocycles. The Hall–Kier alpha value is -2.56. The molecule has 0 saturated carbocycles. The predicted octanol–water partition coefficient (Wildman–Crippen LogP) is 3.17. The van der Waals surface area contributed by atoms with Gasteiger partial charge in [0, 0.05) is 38.7 Å². The van der Waals surface area contributed by atoms with Gasteiger partial charge >= 0.3 is 0 Å². The number of aromatic nitrogens is 1. The zero-order chi connectivity index (χ0) is 19.0. The van der Waals surface area contributed by atoms with Crippen LogP contribution in [0, 0.1) is 0 Å². The van der Waals surface area contributed by atoms with Crippen molar-refractivity contribution in [3.05, 3.63) is 58.9 Å². The Balaban J connectivity index is 1.44. The van der Waals surface area contributed by atoms with Crippen LogP contribution in [-0.2, 0) is 18.3 Å². The van der Waals surface area contributed by atoms with Crippen molar-refractivity contribution in [1.29, 1.82) is 0 Å². The average molecular weight is 365 g/mol. The van der Waals surface area contributed by atoms with Crippen molar-refractivity contribution in [2.75, 3.05) is 13.1 Å². The molecule has 0 bridgehead atoms. The number of nitrogens with one attached hydrogen (secondary N) is 1. The van der Waals surface area contributed by atoms with Crippen LogP contribution in [0.3, 0.4) is 0 Å². The molecule has 2 unspecified atom stereocenters. The lowest BCUT2D eigenvalue weighted by Gasteiger charge is -2.35. The summed E-state index contributed by atoms with van der Waals surface area (Å²) in [5.74, 6) is 0.477. The second-order valence-electron chi connectivity index (χ2n) is 7.74. The maximum atomic E-state index is 12.7. The van der Waals surface area contributed by atoms with Crippen LogP contribution in [-0.4, -0.2) is 34.4 Å². The number of piperidine rings is 1. The number of benzene rings is 1. The number of nitrogens with zero attached hydrogens (tertiary/aromatic N) is 2. The monoisotopic (exact) mass is 365 g/mol. The first kappa shape index (κ1) is 17.8. The van der Waals surface area contributed by atoms with E-state index < -0.39 is 0 Å². The fourth-order valence-electron chi connectivity index (χ4n) is 4.56. The second-order valence-corrected chi connectivity index (χ2v) is 7.74. The Kier molecular flexibility index (Phi) is 4.77. The Labute approximate surface area is 160 Å². The van der Waals surface area contributed by atoms with Crippen LogP contribution in [0.2, 0.25) is 0 Å². The highest BCUT2D eigenvalue weighted by Crippen LogP contribution is 2.34. The summed E-state index contributed by atoms with van der Waals surface area (Å²) < 4.78 is 1.95. The van der Waals surface area contributed by atoms with E-state index in [0.29, 0.717) is 18.2 Å². The number of carbonyl (C=O) groups is 2. The third-order valence-electron chi connectivity index (χ3n) is 6.11. The molecule has 2 atom stereocenters. The van der Waals surface area contributed by atoms with Gasteiger partial charge in [0.2, 0.25) is 5.91 Å². The highest BCUT2D eigenvalue weighted by molar-refractivity contribution is 5.93. The molecule has 1 aliphatic carbocycles. The second kappa shape index (κ2) is 7.22. The molecular formula is C22H27N3O2. The molecule has 2 aromatic rings. The van der Waals surface area contributed by atoms with E-state index in [2.05, 4.69) is 29.6 Å². The first-order valence-electron chi connectivity index (χ1n) is 9.85. The summed E-state index contributed by atoms with van der Waals surface area (Å²) >= 11 is 0. The maximum absolute atomic E-state index is 12.7. The highest BCUT2D eigenvalue weighted by atomic mass is 16.2. The molecule has 2 amide bonds. The number of hydrogen-bond acceptors (Lipinski definition) is 2. The fraction of sp³-hybridized carbons (Fsp3) is 0.455. The molecule has 1 saturated heterocycles. The molecule has 0 radical (unpaired) electrons. The molecule has 2 heterocycles. The van der Waals surface area contributed by atoms with Crippen molar-refractivity contribution >= 4 is 11.8 Å². The van der Waals surface area contributed by atoms with E-state index in [1.54, 1.807) is 6.92 Å². The highest BCUT2D eigenvalue weighted by Gasteiger charge is 2.29. The standard InChI is InChI=1S/C22H27N3O2/c1-15(26)25-12-6-5-9-20(25)19-10-11-21(24(19)2)22(27)23-14-17-13-16-7-3-4-8-18(16)17/h3-4,7-8,10-11,17,20H,5-6,9,12-14H2,1-2H3,(H,23,27). The number of rotatable bonds is 4. The molecule has 27 heavy (non-hydrogen) atoms. The first-order chi connectivity index (χ1) is 13.1. The number of likely N-dealkylation sites (tertiary alicyclic amines) is 1. The third-order valence-corrected chi connectivity index (χ3v) is 6.11. The van der Waals surface area contributed by atoms with Gasteiger partial charge in [0.05, 0.1) is 6.04 Å². The Morgan fingerprint density at radius 1 is 1.15 bits per heavy atom. The molecule has 1 fully saturated rings. The van der Waals surface area contributed by atoms with Gasteiger partial charge in [-0.25, -0.2) is 0 Å². The average Bonchev–Trinajstić information content (AvgIpc) is 3.03. The minimum absolute atomic E-state index is 0.0432. The summed E-state index contributed by atoms with van der Waals surface area (Å²) in [6, 6.07) is 12.4. The van der Waals surface area contributed by atoms with Gasteiger partial charge in [-0.05, 0) is 48.9 Å². The molecule has 1 aliphatic heterocycles. The van der Waals surface area contributed by atoms with Crippen LogP contribution >= 0.6 is 0 Å². The Morgan fingerprint density at radius 3 is 2.74 bits per heavy atom. The minimum atomic E-state index is -0.0432. The summed E-state index contributed by atoms with van der Waals surface area (Å²) in [6.07, 6.45) is 4.15. The van der Waals surface area contributed by atoms with Gasteiger partial charge < -0.3 is 14.8 Å². The van der Waals surface area contributed by atoms with E-state index in [1.807, 2.05) is 28.6 Å². The zero-order valence-electron chi connectivity index (χ0n) is 16.1. The summed E-state index contributed by atoms with van der Waals surface area (Å²) in [5.41, 5.74) is 4.44. The van der Waals surface area contributed by atoms with E-state index >= 15 is 0 Å². The van der Waals surface area contributed by atoms with Crippen LogP contribution in [0.25, 0.3) is 0 Å². The van der Waals surface area contributed by atoms with Gasteiger partial charge in [0.1, 0.15) is 5.69 Å². The van der Waals surface area contributed by atoms with Crippen LogP contribution in [0.15, 0.2) is 36.4 Å². The molecule has 142 valence electrons. The Bertz CT molecular complexity index is 870. The molecule has 5 nitrogen and oxygen atoms in total. The largest absolute Gasteiger partial charge is 0.350 e. The van der Waals surface area contributed by atoms with Crippen LogP contribution in [0.5, 0.6) is 0 Å². The van der Waals surface area contributed by atoms with Crippen molar-refractivity contribution in [3.8, 4) is 0 Å². The molecule has 5 heteroatoms. The van der Waals surface area contributed by atoms with Gasteiger partial charge in [0.25, 0.3) is 5.91 Å². The van der Waals surface area contributed by atoms with E-state index in [9.17, 15) is 9.59 Å². The van der Waals surface area contributed by atoms with Crippen molar-refractivity contribution in [3.63, 3.8) is 0 Å². The van der Waals surface area contributed by atoms with Gasteiger partial charge in [-0.2, -0.15) is 0 Å². The molecule has 2 aliphatic rings. The summed E-state index contributed by atoms with van der Waals surface area (Å²) in [6.45, 7) is 3.10. The lowest BCUT2D eigenvalue weighted by molar-refractivity contribution is -0.132. The number of hydrogen-bond donors (Lipinski definition) is 1. The van der Waals surface area contributed by atoms with E-state index in [4.69, 9.17) is 0 Å². The smallest absolute Gasteiger partial charge is 0.267 e. The van der Waals surface area contributed by atoms with Crippen LogP contribution in [0.1, 0.15) is 65.5 Å². The van der Waals surface area contributed by atoms with Gasteiger partial charge in [0.15, 0.2) is 0 Å². The lowest BCUT2D eigenvalue weighted by Crippen LogP contribution is -2.38. The third kappa shape index (κ3) is 3.27. The minimum Gasteiger partial charge on any atom is -0.350 e. The van der Waals surface area contributed by atoms with Crippen LogP contribution < -0.4 is 5.32 Å². The molecular weight excluding hydrogens is 338 g/mol. The van der Waals surface area contributed by atoms with Crippen molar-refractivity contribution in [1.82, 2.24) is 14.8 Å². The van der Waals surface area contributed by atoms with E-state index in [0.717, 1.165) is 37.9 Å². The first-order valence-corrected chi connectivity index (χ1v) is 9.85. The summed E-state index contributed by atoms with van der Waals surface area (Å²) in [5, 5.41) is 3.09. The predicted molar refractivity (Wildman–Crippen MR) is 105 cm³/mol. The number of amides is 2. The number of carbonyl (C=O) groups excluding carboxylic acids is 2. The fourth-order valence-corrected chi connectivity index (χ4v) is 4.56. The molecule has 1 aromatic carbocycles. The topological polar surface area (TPSA) is 54.3 Å². The quantitative estimate of drug-likeness (QED) is 0.905. The van der Waals surface area contributed by atoms with E-state index in [1.165, 1.54) is 11.1 Å². The van der Waals surface area contributed by atoms with Gasteiger partial charge in [-0.1, -0.05) is 24.3 Å². The van der Waals surface area contributed by atoms with Gasteiger partial charge in [-0.3, -0.25) is 9.59 Å². The lowest BCUT2D eigenvalue weighted by atomic mass is 9.77.